The van der Waals surface area contributed by atoms with Crippen LogP contribution in [0.1, 0.15) is 12.7 Å². The van der Waals surface area contributed by atoms with E-state index in [9.17, 15) is 4.79 Å². The topological polar surface area (TPSA) is 98.7 Å². The van der Waals surface area contributed by atoms with Crippen LogP contribution in [0, 0.1) is 0 Å². The number of hydrogen-bond donors (Lipinski definition) is 2. The van der Waals surface area contributed by atoms with Gasteiger partial charge in [-0.3, -0.25) is 4.79 Å². The molecule has 2 aromatic heterocycles. The third-order valence-electron chi connectivity index (χ3n) is 2.30. The van der Waals surface area contributed by atoms with Gasteiger partial charge in [0.2, 0.25) is 5.91 Å². The van der Waals surface area contributed by atoms with Gasteiger partial charge in [0.25, 0.3) is 0 Å². The van der Waals surface area contributed by atoms with Gasteiger partial charge in [0.05, 0.1) is 12.3 Å². The average Bonchev–Trinajstić information content (AvgIpc) is 3.04. The molecule has 7 nitrogen and oxygen atoms in total. The molecule has 0 radical (unpaired) electrons. The molecule has 0 fully saturated rings. The van der Waals surface area contributed by atoms with Crippen molar-refractivity contribution < 1.29 is 4.79 Å². The molecule has 0 atom stereocenters. The molecule has 0 aliphatic carbocycles. The van der Waals surface area contributed by atoms with Crippen LogP contribution in [0.2, 0.25) is 0 Å². The van der Waals surface area contributed by atoms with Gasteiger partial charge in [-0.2, -0.15) is 0 Å². The molecule has 19 heavy (non-hydrogen) atoms. The van der Waals surface area contributed by atoms with Crippen LogP contribution in [0.4, 0.5) is 5.13 Å². The molecule has 0 saturated carbocycles. The first kappa shape index (κ1) is 14.0. The summed E-state index contributed by atoms with van der Waals surface area (Å²) in [6.07, 6.45) is 1.65. The second kappa shape index (κ2) is 6.64. The number of anilines is 1. The number of carbonyl (C=O) groups is 1. The highest BCUT2D eigenvalue weighted by molar-refractivity contribution is 7.99. The number of rotatable bonds is 6. The molecule has 2 heterocycles. The maximum Gasteiger partial charge on any atom is 0.236 e. The fourth-order valence-electron chi connectivity index (χ4n) is 1.47. The highest BCUT2D eigenvalue weighted by atomic mass is 32.2. The minimum atomic E-state index is -0.111. The minimum absolute atomic E-state index is 0.111. The Kier molecular flexibility index (Phi) is 4.88. The van der Waals surface area contributed by atoms with Crippen molar-refractivity contribution in [1.29, 1.82) is 0 Å². The monoisotopic (exact) mass is 298 g/mol. The van der Waals surface area contributed by atoms with Gasteiger partial charge < -0.3 is 15.6 Å². The molecule has 3 N–H and O–H groups in total. The number of nitrogens with two attached hydrogens (primary N) is 1. The maximum atomic E-state index is 11.7. The van der Waals surface area contributed by atoms with Crippen LogP contribution >= 0.6 is 23.1 Å². The van der Waals surface area contributed by atoms with E-state index < -0.39 is 0 Å². The van der Waals surface area contributed by atoms with Crippen molar-refractivity contribution >= 4 is 34.1 Å². The van der Waals surface area contributed by atoms with Crippen LogP contribution in [0.25, 0.3) is 0 Å². The van der Waals surface area contributed by atoms with Crippen molar-refractivity contribution in [2.75, 3.05) is 11.1 Å². The summed E-state index contributed by atoms with van der Waals surface area (Å²) in [7, 11) is 0. The van der Waals surface area contributed by atoms with Gasteiger partial charge >= 0.3 is 0 Å². The van der Waals surface area contributed by atoms with Crippen LogP contribution < -0.4 is 11.1 Å². The molecular formula is C10H14N6OS2. The summed E-state index contributed by atoms with van der Waals surface area (Å²) in [5.74, 6) is 0.882. The number of nitrogens with zero attached hydrogens (tertiary/aromatic N) is 4. The van der Waals surface area contributed by atoms with Gasteiger partial charge in [0, 0.05) is 18.1 Å². The zero-order chi connectivity index (χ0) is 13.7. The molecule has 0 aromatic carbocycles. The fourth-order valence-corrected chi connectivity index (χ4v) is 2.83. The molecular weight excluding hydrogens is 284 g/mol. The molecule has 0 aliphatic heterocycles. The summed E-state index contributed by atoms with van der Waals surface area (Å²) >= 11 is 2.72. The lowest BCUT2D eigenvalue weighted by Gasteiger charge is -2.05. The second-order valence-electron chi connectivity index (χ2n) is 3.52. The van der Waals surface area contributed by atoms with Gasteiger partial charge in [-0.1, -0.05) is 11.8 Å². The van der Waals surface area contributed by atoms with E-state index in [0.29, 0.717) is 16.8 Å². The van der Waals surface area contributed by atoms with Crippen molar-refractivity contribution in [3.8, 4) is 0 Å². The number of aromatic nitrogens is 4. The van der Waals surface area contributed by atoms with Gasteiger partial charge in [-0.25, -0.2) is 4.98 Å². The Morgan fingerprint density at radius 2 is 2.42 bits per heavy atom. The zero-order valence-electron chi connectivity index (χ0n) is 10.4. The Hall–Kier alpha value is -1.45. The normalized spacial score (nSPS) is 10.6. The molecule has 2 rings (SSSR count). The Morgan fingerprint density at radius 3 is 3.05 bits per heavy atom. The third-order valence-corrected chi connectivity index (χ3v) is 3.96. The Morgan fingerprint density at radius 1 is 1.58 bits per heavy atom. The lowest BCUT2D eigenvalue weighted by atomic mass is 10.6. The van der Waals surface area contributed by atoms with Crippen molar-refractivity contribution in [1.82, 2.24) is 19.7 Å². The molecule has 0 saturated heterocycles. The zero-order valence-corrected chi connectivity index (χ0v) is 12.0. The highest BCUT2D eigenvalue weighted by Crippen LogP contribution is 2.18. The first-order chi connectivity index (χ1) is 9.24. The van der Waals surface area contributed by atoms with Crippen LogP contribution in [0.5, 0.6) is 0 Å². The molecule has 1 amide bonds. The molecule has 102 valence electrons. The van der Waals surface area contributed by atoms with Crippen molar-refractivity contribution in [3.63, 3.8) is 0 Å². The number of hydrogen-bond acceptors (Lipinski definition) is 7. The molecule has 0 spiro atoms. The quantitative estimate of drug-likeness (QED) is 0.770. The molecule has 0 aliphatic rings. The number of thiazole rings is 1. The van der Waals surface area contributed by atoms with E-state index in [1.165, 1.54) is 23.1 Å². The molecule has 0 bridgehead atoms. The largest absolute Gasteiger partial charge is 0.324 e. The summed E-state index contributed by atoms with van der Waals surface area (Å²) in [6.45, 7) is 3.06. The maximum absolute atomic E-state index is 11.7. The number of thioether (sulfide) groups is 1. The van der Waals surface area contributed by atoms with Crippen LogP contribution in [0.15, 0.2) is 16.7 Å². The van der Waals surface area contributed by atoms with Crippen molar-refractivity contribution in [2.24, 2.45) is 5.73 Å². The van der Waals surface area contributed by atoms with E-state index in [2.05, 4.69) is 20.5 Å². The Balaban J connectivity index is 1.91. The second-order valence-corrected chi connectivity index (χ2v) is 5.36. The molecule has 9 heteroatoms. The summed E-state index contributed by atoms with van der Waals surface area (Å²) in [4.78, 5) is 15.7. The summed E-state index contributed by atoms with van der Waals surface area (Å²) in [5.41, 5.74) is 5.57. The summed E-state index contributed by atoms with van der Waals surface area (Å²) in [5, 5.41) is 13.8. The number of nitrogens with one attached hydrogen (secondary N) is 1. The van der Waals surface area contributed by atoms with Gasteiger partial charge in [-0.15, -0.1) is 21.5 Å². The predicted octanol–water partition coefficient (Wildman–Crippen LogP) is 0.944. The van der Waals surface area contributed by atoms with Crippen molar-refractivity contribution in [2.45, 2.75) is 25.2 Å². The van der Waals surface area contributed by atoms with Gasteiger partial charge in [0.1, 0.15) is 5.82 Å². The van der Waals surface area contributed by atoms with E-state index in [-0.39, 0.29) is 11.7 Å². The van der Waals surface area contributed by atoms with E-state index in [1.54, 1.807) is 6.20 Å². The highest BCUT2D eigenvalue weighted by Gasteiger charge is 2.12. The smallest absolute Gasteiger partial charge is 0.236 e. The number of amides is 1. The van der Waals surface area contributed by atoms with Crippen LogP contribution in [0.3, 0.4) is 0 Å². The lowest BCUT2D eigenvalue weighted by molar-refractivity contribution is -0.113. The average molecular weight is 298 g/mol. The summed E-state index contributed by atoms with van der Waals surface area (Å²) < 4.78 is 1.90. The number of carbonyl (C=O) groups excluding carboxylic acids is 1. The van der Waals surface area contributed by atoms with E-state index >= 15 is 0 Å². The predicted molar refractivity (Wildman–Crippen MR) is 75.1 cm³/mol. The van der Waals surface area contributed by atoms with Crippen LogP contribution in [-0.4, -0.2) is 31.4 Å². The van der Waals surface area contributed by atoms with Crippen molar-refractivity contribution in [3.05, 3.63) is 17.4 Å². The summed E-state index contributed by atoms with van der Waals surface area (Å²) in [6, 6.07) is 0. The Bertz CT molecular complexity index is 538. The van der Waals surface area contributed by atoms with E-state index in [0.717, 1.165) is 12.4 Å². The van der Waals surface area contributed by atoms with E-state index in [4.69, 9.17) is 5.73 Å². The Labute approximate surface area is 118 Å². The van der Waals surface area contributed by atoms with Crippen LogP contribution in [-0.2, 0) is 17.9 Å². The van der Waals surface area contributed by atoms with E-state index in [1.807, 2.05) is 16.9 Å². The standard InChI is InChI=1S/C10H14N6OS2/c1-2-16-7(5-11)14-15-10(16)19-6-8(17)13-9-12-3-4-18-9/h3-4H,2,5-6,11H2,1H3,(H,12,13,17). The first-order valence-corrected chi connectivity index (χ1v) is 7.55. The van der Waals surface area contributed by atoms with Gasteiger partial charge in [-0.05, 0) is 6.92 Å². The SMILES string of the molecule is CCn1c(CN)nnc1SCC(=O)Nc1nccs1. The molecule has 0 unspecified atom stereocenters. The lowest BCUT2D eigenvalue weighted by Crippen LogP contribution is -2.14. The third kappa shape index (κ3) is 3.52. The first-order valence-electron chi connectivity index (χ1n) is 5.69. The minimum Gasteiger partial charge on any atom is -0.324 e. The molecule has 2 aromatic rings. The van der Waals surface area contributed by atoms with Gasteiger partial charge in [0.15, 0.2) is 10.3 Å². The fraction of sp³-hybridized carbons (Fsp3) is 0.400.